The first-order chi connectivity index (χ1) is 10.8. The van der Waals surface area contributed by atoms with E-state index < -0.39 is 5.91 Å². The summed E-state index contributed by atoms with van der Waals surface area (Å²) in [5.74, 6) is -0.811. The summed E-state index contributed by atoms with van der Waals surface area (Å²) >= 11 is 1.36. The maximum absolute atomic E-state index is 12.1. The Labute approximate surface area is 140 Å². The largest absolute Gasteiger partial charge is 0.365 e. The molecular formula is C18H20N2O2S. The van der Waals surface area contributed by atoms with Gasteiger partial charge in [0, 0.05) is 11.0 Å². The van der Waals surface area contributed by atoms with E-state index in [-0.39, 0.29) is 5.91 Å². The zero-order valence-corrected chi connectivity index (χ0v) is 14.5. The normalized spacial score (nSPS) is 11.0. The molecule has 0 aliphatic carbocycles. The fourth-order valence-corrected chi connectivity index (χ4v) is 3.41. The van der Waals surface area contributed by atoms with Crippen LogP contribution in [-0.4, -0.2) is 11.8 Å². The Morgan fingerprint density at radius 3 is 2.48 bits per heavy atom. The second-order valence-corrected chi connectivity index (χ2v) is 6.76. The topological polar surface area (TPSA) is 72.2 Å². The van der Waals surface area contributed by atoms with E-state index >= 15 is 0 Å². The van der Waals surface area contributed by atoms with E-state index in [1.807, 2.05) is 39.8 Å². The highest BCUT2D eigenvalue weighted by Gasteiger charge is 2.18. The van der Waals surface area contributed by atoms with Gasteiger partial charge in [-0.05, 0) is 50.5 Å². The number of nitrogens with one attached hydrogen (secondary N) is 1. The van der Waals surface area contributed by atoms with Crippen LogP contribution in [0.15, 0.2) is 24.3 Å². The standard InChI is InChI=1S/C18H20N2O2S/c1-10-5-6-14(11(2)9-10)7-8-15(21)20-18-16(17(19)22)12(3)13(4)23-18/h5-9H,1-4H3,(H2,19,22)(H,20,21)/b8-7+. The summed E-state index contributed by atoms with van der Waals surface area (Å²) in [6.45, 7) is 7.75. The summed E-state index contributed by atoms with van der Waals surface area (Å²) in [7, 11) is 0. The van der Waals surface area contributed by atoms with Crippen LogP contribution in [0.1, 0.15) is 37.5 Å². The first-order valence-electron chi connectivity index (χ1n) is 7.25. The number of carbonyl (C=O) groups excluding carboxylic acids is 2. The Balaban J connectivity index is 2.18. The van der Waals surface area contributed by atoms with Crippen molar-refractivity contribution in [2.24, 2.45) is 5.73 Å². The van der Waals surface area contributed by atoms with E-state index in [0.717, 1.165) is 21.6 Å². The summed E-state index contributed by atoms with van der Waals surface area (Å²) in [5, 5.41) is 3.25. The molecule has 2 rings (SSSR count). The van der Waals surface area contributed by atoms with Gasteiger partial charge in [0.05, 0.1) is 5.56 Å². The Morgan fingerprint density at radius 2 is 1.87 bits per heavy atom. The van der Waals surface area contributed by atoms with Gasteiger partial charge >= 0.3 is 0 Å². The molecule has 0 bridgehead atoms. The van der Waals surface area contributed by atoms with E-state index in [0.29, 0.717) is 10.6 Å². The van der Waals surface area contributed by atoms with Gasteiger partial charge in [0.1, 0.15) is 5.00 Å². The number of hydrogen-bond donors (Lipinski definition) is 2. The minimum Gasteiger partial charge on any atom is -0.365 e. The molecule has 0 aliphatic rings. The Bertz CT molecular complexity index is 804. The molecule has 3 N–H and O–H groups in total. The maximum atomic E-state index is 12.1. The quantitative estimate of drug-likeness (QED) is 0.839. The molecule has 0 saturated carbocycles. The monoisotopic (exact) mass is 328 g/mol. The predicted molar refractivity (Wildman–Crippen MR) is 95.9 cm³/mol. The lowest BCUT2D eigenvalue weighted by Crippen LogP contribution is -2.16. The fraction of sp³-hybridized carbons (Fsp3) is 0.222. The summed E-state index contributed by atoms with van der Waals surface area (Å²) in [5.41, 5.74) is 9.88. The zero-order valence-electron chi connectivity index (χ0n) is 13.7. The molecule has 0 atom stereocenters. The minimum atomic E-state index is -0.527. The van der Waals surface area contributed by atoms with Gasteiger partial charge in [0.2, 0.25) is 5.91 Å². The van der Waals surface area contributed by atoms with Crippen molar-refractivity contribution in [3.63, 3.8) is 0 Å². The number of thiophene rings is 1. The van der Waals surface area contributed by atoms with Gasteiger partial charge in [0.25, 0.3) is 5.91 Å². The number of hydrogen-bond acceptors (Lipinski definition) is 3. The molecule has 2 amide bonds. The predicted octanol–water partition coefficient (Wildman–Crippen LogP) is 3.73. The van der Waals surface area contributed by atoms with Gasteiger partial charge in [-0.1, -0.05) is 23.8 Å². The summed E-state index contributed by atoms with van der Waals surface area (Å²) in [6, 6.07) is 6.04. The molecule has 0 saturated heterocycles. The minimum absolute atomic E-state index is 0.284. The molecule has 2 aromatic rings. The van der Waals surface area contributed by atoms with Gasteiger partial charge in [0.15, 0.2) is 0 Å². The Kier molecular flexibility index (Phi) is 5.01. The smallest absolute Gasteiger partial charge is 0.251 e. The lowest BCUT2D eigenvalue weighted by molar-refractivity contribution is -0.111. The molecule has 5 heteroatoms. The summed E-state index contributed by atoms with van der Waals surface area (Å²) < 4.78 is 0. The number of anilines is 1. The molecule has 1 aromatic heterocycles. The molecule has 0 fully saturated rings. The molecule has 1 aromatic carbocycles. The highest BCUT2D eigenvalue weighted by Crippen LogP contribution is 2.32. The molecular weight excluding hydrogens is 308 g/mol. The molecule has 0 unspecified atom stereocenters. The number of rotatable bonds is 4. The van der Waals surface area contributed by atoms with Crippen molar-refractivity contribution in [3.8, 4) is 0 Å². The second kappa shape index (κ2) is 6.79. The van der Waals surface area contributed by atoms with Gasteiger partial charge in [-0.3, -0.25) is 9.59 Å². The fourth-order valence-electron chi connectivity index (χ4n) is 2.34. The van der Waals surface area contributed by atoms with E-state index in [1.165, 1.54) is 23.0 Å². The first kappa shape index (κ1) is 17.0. The second-order valence-electron chi connectivity index (χ2n) is 5.53. The van der Waals surface area contributed by atoms with Gasteiger partial charge < -0.3 is 11.1 Å². The van der Waals surface area contributed by atoms with Crippen LogP contribution in [0.2, 0.25) is 0 Å². The van der Waals surface area contributed by atoms with Crippen LogP contribution in [0.25, 0.3) is 6.08 Å². The summed E-state index contributed by atoms with van der Waals surface area (Å²) in [4.78, 5) is 24.6. The van der Waals surface area contributed by atoms with Crippen molar-refractivity contribution in [2.75, 3.05) is 5.32 Å². The van der Waals surface area contributed by atoms with Crippen LogP contribution in [0.5, 0.6) is 0 Å². The molecule has 0 radical (unpaired) electrons. The SMILES string of the molecule is Cc1ccc(/C=C/C(=O)Nc2sc(C)c(C)c2C(N)=O)c(C)c1. The summed E-state index contributed by atoms with van der Waals surface area (Å²) in [6.07, 6.45) is 3.23. The molecule has 23 heavy (non-hydrogen) atoms. The number of aryl methyl sites for hydroxylation is 3. The number of primary amides is 1. The van der Waals surface area contributed by atoms with Crippen LogP contribution in [0.4, 0.5) is 5.00 Å². The van der Waals surface area contributed by atoms with Crippen molar-refractivity contribution < 1.29 is 9.59 Å². The number of amides is 2. The van der Waals surface area contributed by atoms with Gasteiger partial charge in [-0.25, -0.2) is 0 Å². The molecule has 0 aliphatic heterocycles. The Hall–Kier alpha value is -2.40. The third-order valence-electron chi connectivity index (χ3n) is 3.71. The van der Waals surface area contributed by atoms with Crippen LogP contribution in [0, 0.1) is 27.7 Å². The van der Waals surface area contributed by atoms with E-state index in [2.05, 4.69) is 11.4 Å². The van der Waals surface area contributed by atoms with Gasteiger partial charge in [-0.15, -0.1) is 11.3 Å². The molecule has 4 nitrogen and oxygen atoms in total. The average molecular weight is 328 g/mol. The van der Waals surface area contributed by atoms with Crippen molar-refractivity contribution >= 4 is 34.2 Å². The number of benzene rings is 1. The van der Waals surface area contributed by atoms with Crippen molar-refractivity contribution in [3.05, 3.63) is 57.0 Å². The lowest BCUT2D eigenvalue weighted by Gasteiger charge is -2.03. The molecule has 0 spiro atoms. The molecule has 1 heterocycles. The maximum Gasteiger partial charge on any atom is 0.251 e. The van der Waals surface area contributed by atoms with Crippen molar-refractivity contribution in [2.45, 2.75) is 27.7 Å². The number of carbonyl (C=O) groups is 2. The molecule has 120 valence electrons. The zero-order chi connectivity index (χ0) is 17.1. The number of nitrogens with two attached hydrogens (primary N) is 1. The third-order valence-corrected chi connectivity index (χ3v) is 4.83. The highest BCUT2D eigenvalue weighted by molar-refractivity contribution is 7.16. The van der Waals surface area contributed by atoms with E-state index in [1.54, 1.807) is 6.08 Å². The van der Waals surface area contributed by atoms with Crippen molar-refractivity contribution in [1.82, 2.24) is 0 Å². The van der Waals surface area contributed by atoms with Crippen LogP contribution in [0.3, 0.4) is 0 Å². The van der Waals surface area contributed by atoms with E-state index in [4.69, 9.17) is 5.73 Å². The van der Waals surface area contributed by atoms with E-state index in [9.17, 15) is 9.59 Å². The van der Waals surface area contributed by atoms with Crippen LogP contribution in [-0.2, 0) is 4.79 Å². The van der Waals surface area contributed by atoms with Crippen LogP contribution >= 0.6 is 11.3 Å². The highest BCUT2D eigenvalue weighted by atomic mass is 32.1. The average Bonchev–Trinajstić information content (AvgIpc) is 2.72. The lowest BCUT2D eigenvalue weighted by atomic mass is 10.1. The van der Waals surface area contributed by atoms with Crippen LogP contribution < -0.4 is 11.1 Å². The Morgan fingerprint density at radius 1 is 1.17 bits per heavy atom. The van der Waals surface area contributed by atoms with Gasteiger partial charge in [-0.2, -0.15) is 0 Å². The first-order valence-corrected chi connectivity index (χ1v) is 8.07. The van der Waals surface area contributed by atoms with Crippen molar-refractivity contribution in [1.29, 1.82) is 0 Å². The third kappa shape index (κ3) is 3.87.